The van der Waals surface area contributed by atoms with Gasteiger partial charge in [0.25, 0.3) is 0 Å². The summed E-state index contributed by atoms with van der Waals surface area (Å²) in [7, 11) is 0. The van der Waals surface area contributed by atoms with Crippen LogP contribution in [0.15, 0.2) is 72.8 Å². The number of anilines is 2. The maximum Gasteiger partial charge on any atom is 0.238 e. The first kappa shape index (κ1) is 28.4. The zero-order chi connectivity index (χ0) is 29.8. The number of hydrogen-bond acceptors (Lipinski definition) is 4. The van der Waals surface area contributed by atoms with Crippen LogP contribution in [0.2, 0.25) is 5.02 Å². The van der Waals surface area contributed by atoms with Crippen molar-refractivity contribution in [3.05, 3.63) is 100 Å². The fraction of sp³-hybridized carbons (Fsp3) is 0.361. The first-order valence-corrected chi connectivity index (χ1v) is 15.3. The van der Waals surface area contributed by atoms with E-state index in [1.165, 1.54) is 5.56 Å². The Morgan fingerprint density at radius 1 is 1.00 bits per heavy atom. The van der Waals surface area contributed by atoms with Gasteiger partial charge in [0.05, 0.1) is 12.0 Å². The molecule has 0 radical (unpaired) electrons. The quantitative estimate of drug-likeness (QED) is 0.230. The smallest absolute Gasteiger partial charge is 0.238 e. The third-order valence-corrected chi connectivity index (χ3v) is 9.43. The van der Waals surface area contributed by atoms with Crippen LogP contribution in [0.3, 0.4) is 0 Å². The van der Waals surface area contributed by atoms with E-state index >= 15 is 0 Å². The average molecular weight is 581 g/mol. The number of benzene rings is 3. The van der Waals surface area contributed by atoms with Gasteiger partial charge in [-0.15, -0.1) is 0 Å². The molecular formula is C36H37ClN2O3. The van der Waals surface area contributed by atoms with Crippen molar-refractivity contribution in [3.63, 3.8) is 0 Å². The highest BCUT2D eigenvalue weighted by Crippen LogP contribution is 2.58. The number of para-hydroxylation sites is 1. The molecule has 0 saturated carbocycles. The van der Waals surface area contributed by atoms with Crippen LogP contribution in [0, 0.1) is 11.3 Å². The Kier molecular flexibility index (Phi) is 7.13. The summed E-state index contributed by atoms with van der Waals surface area (Å²) in [6.07, 6.45) is 8.31. The molecule has 0 aromatic heterocycles. The Labute approximate surface area is 253 Å². The number of amides is 1. The summed E-state index contributed by atoms with van der Waals surface area (Å²) >= 11 is 6.38. The summed E-state index contributed by atoms with van der Waals surface area (Å²) in [6.45, 7) is 7.83. The predicted molar refractivity (Wildman–Crippen MR) is 169 cm³/mol. The SMILES string of the molecule is CCCCCc1ccc(C(=O)[C@@H]2[C@@H](C(=O)C(C)(C)C)N3c4ccc(Cl)cc4C=C[C@@H]3[C@@]23C(=O)Nc2ccccc23)cc1. The van der Waals surface area contributed by atoms with E-state index in [1.807, 2.05) is 98.5 Å². The third kappa shape index (κ3) is 4.32. The fourth-order valence-corrected chi connectivity index (χ4v) is 7.37. The van der Waals surface area contributed by atoms with Crippen molar-refractivity contribution in [1.82, 2.24) is 0 Å². The zero-order valence-corrected chi connectivity index (χ0v) is 25.4. The van der Waals surface area contributed by atoms with E-state index in [0.29, 0.717) is 16.3 Å². The van der Waals surface area contributed by atoms with E-state index < -0.39 is 28.8 Å². The largest absolute Gasteiger partial charge is 0.352 e. The predicted octanol–water partition coefficient (Wildman–Crippen LogP) is 7.66. The number of carbonyl (C=O) groups is 3. The summed E-state index contributed by atoms with van der Waals surface area (Å²) < 4.78 is 0. The van der Waals surface area contributed by atoms with Gasteiger partial charge in [-0.2, -0.15) is 0 Å². The van der Waals surface area contributed by atoms with Crippen LogP contribution in [-0.4, -0.2) is 29.6 Å². The van der Waals surface area contributed by atoms with E-state index in [-0.39, 0.29) is 17.5 Å². The third-order valence-electron chi connectivity index (χ3n) is 9.19. The molecule has 0 aliphatic carbocycles. The molecule has 0 unspecified atom stereocenters. The average Bonchev–Trinajstić information content (AvgIpc) is 3.44. The highest BCUT2D eigenvalue weighted by atomic mass is 35.5. The van der Waals surface area contributed by atoms with Crippen molar-refractivity contribution in [3.8, 4) is 0 Å². The van der Waals surface area contributed by atoms with Crippen LogP contribution >= 0.6 is 11.6 Å². The minimum Gasteiger partial charge on any atom is -0.352 e. The summed E-state index contributed by atoms with van der Waals surface area (Å²) in [5.41, 5.74) is 2.74. The maximum absolute atomic E-state index is 14.9. The lowest BCUT2D eigenvalue weighted by Crippen LogP contribution is -2.51. The monoisotopic (exact) mass is 580 g/mol. The molecule has 216 valence electrons. The number of aryl methyl sites for hydroxylation is 1. The minimum atomic E-state index is -1.30. The zero-order valence-electron chi connectivity index (χ0n) is 24.6. The second-order valence-electron chi connectivity index (χ2n) is 12.8. The lowest BCUT2D eigenvalue weighted by Gasteiger charge is -2.38. The van der Waals surface area contributed by atoms with Gasteiger partial charge in [-0.1, -0.05) is 107 Å². The highest BCUT2D eigenvalue weighted by molar-refractivity contribution is 6.31. The second kappa shape index (κ2) is 10.5. The van der Waals surface area contributed by atoms with E-state index in [0.717, 1.165) is 42.5 Å². The van der Waals surface area contributed by atoms with Crippen LogP contribution < -0.4 is 10.2 Å². The molecule has 3 aliphatic heterocycles. The van der Waals surface area contributed by atoms with Crippen LogP contribution in [0.4, 0.5) is 11.4 Å². The van der Waals surface area contributed by atoms with Crippen LogP contribution in [0.1, 0.15) is 74.0 Å². The first-order valence-electron chi connectivity index (χ1n) is 14.9. The van der Waals surface area contributed by atoms with Crippen molar-refractivity contribution in [2.75, 3.05) is 10.2 Å². The van der Waals surface area contributed by atoms with Gasteiger partial charge in [0.1, 0.15) is 11.5 Å². The summed E-state index contributed by atoms with van der Waals surface area (Å²) in [4.78, 5) is 45.8. The van der Waals surface area contributed by atoms with Gasteiger partial charge in [-0.05, 0) is 53.8 Å². The van der Waals surface area contributed by atoms with Gasteiger partial charge in [-0.25, -0.2) is 0 Å². The van der Waals surface area contributed by atoms with Crippen molar-refractivity contribution in [1.29, 1.82) is 0 Å². The van der Waals surface area contributed by atoms with Gasteiger partial charge >= 0.3 is 0 Å². The van der Waals surface area contributed by atoms with E-state index in [9.17, 15) is 14.4 Å². The molecule has 3 aliphatic rings. The topological polar surface area (TPSA) is 66.5 Å². The van der Waals surface area contributed by atoms with Crippen LogP contribution in [0.25, 0.3) is 6.08 Å². The molecule has 42 heavy (non-hydrogen) atoms. The lowest BCUT2D eigenvalue weighted by molar-refractivity contribution is -0.128. The number of fused-ring (bicyclic) bond motifs is 6. The fourth-order valence-electron chi connectivity index (χ4n) is 7.19. The van der Waals surface area contributed by atoms with Gasteiger partial charge in [0.15, 0.2) is 11.6 Å². The van der Waals surface area contributed by atoms with E-state index in [2.05, 4.69) is 12.2 Å². The maximum atomic E-state index is 14.9. The Balaban J connectivity index is 1.57. The Morgan fingerprint density at radius 2 is 1.74 bits per heavy atom. The van der Waals surface area contributed by atoms with Crippen molar-refractivity contribution in [2.45, 2.75) is 70.9 Å². The summed E-state index contributed by atoms with van der Waals surface area (Å²) in [5, 5.41) is 3.67. The normalized spacial score (nSPS) is 23.9. The number of halogens is 1. The number of Topliss-reactive ketones (excluding diaryl/α,β-unsaturated/α-hetero) is 2. The highest BCUT2D eigenvalue weighted by Gasteiger charge is 2.70. The molecule has 3 aromatic carbocycles. The molecule has 1 N–H and O–H groups in total. The van der Waals surface area contributed by atoms with Gasteiger partial charge < -0.3 is 10.2 Å². The number of ketones is 2. The molecule has 1 spiro atoms. The number of nitrogens with zero attached hydrogens (tertiary/aromatic N) is 1. The molecule has 5 nitrogen and oxygen atoms in total. The molecule has 1 amide bonds. The Hall–Kier alpha value is -3.70. The molecule has 4 atom stereocenters. The van der Waals surface area contributed by atoms with Crippen molar-refractivity contribution >= 4 is 46.5 Å². The van der Waals surface area contributed by atoms with Gasteiger partial charge in [0.2, 0.25) is 5.91 Å². The van der Waals surface area contributed by atoms with Crippen molar-refractivity contribution in [2.24, 2.45) is 11.3 Å². The van der Waals surface area contributed by atoms with Crippen LogP contribution in [-0.2, 0) is 21.4 Å². The van der Waals surface area contributed by atoms with E-state index in [1.54, 1.807) is 6.07 Å². The molecule has 0 bridgehead atoms. The molecule has 6 heteroatoms. The second-order valence-corrected chi connectivity index (χ2v) is 13.3. The number of unbranched alkanes of at least 4 members (excludes halogenated alkanes) is 2. The Bertz CT molecular complexity index is 1600. The molecule has 1 saturated heterocycles. The van der Waals surface area contributed by atoms with Crippen LogP contribution in [0.5, 0.6) is 0 Å². The standard InChI is InChI=1S/C36H37ClN2O3/c1-5-6-7-10-22-13-15-23(16-14-22)32(40)30-31(33(41)35(2,3)4)39-28-19-18-25(37)21-24(28)17-20-29(39)36(30)26-11-8-9-12-27(26)38-34(36)42/h8-9,11-21,29-31H,5-7,10H2,1-4H3,(H,38,42)/t29-,30+,31+,36-/m1/s1. The number of nitrogens with one attached hydrogen (secondary N) is 1. The summed E-state index contributed by atoms with van der Waals surface area (Å²) in [6, 6.07) is 19.5. The molecule has 3 heterocycles. The Morgan fingerprint density at radius 3 is 2.45 bits per heavy atom. The number of rotatable bonds is 7. The molecule has 1 fully saturated rings. The molecule has 6 rings (SSSR count). The molecular weight excluding hydrogens is 544 g/mol. The minimum absolute atomic E-state index is 0.0766. The van der Waals surface area contributed by atoms with E-state index in [4.69, 9.17) is 11.6 Å². The van der Waals surface area contributed by atoms with Crippen molar-refractivity contribution < 1.29 is 14.4 Å². The number of hydrogen-bond donors (Lipinski definition) is 1. The van der Waals surface area contributed by atoms with Gasteiger partial charge in [-0.3, -0.25) is 14.4 Å². The first-order chi connectivity index (χ1) is 20.1. The molecule has 3 aromatic rings. The summed E-state index contributed by atoms with van der Waals surface area (Å²) in [5.74, 6) is -1.47. The van der Waals surface area contributed by atoms with Gasteiger partial charge in [0, 0.05) is 27.4 Å². The number of carbonyl (C=O) groups excluding carboxylic acids is 3. The lowest BCUT2D eigenvalue weighted by atomic mass is 9.63.